The van der Waals surface area contributed by atoms with Crippen molar-refractivity contribution in [3.05, 3.63) is 22.2 Å². The summed E-state index contributed by atoms with van der Waals surface area (Å²) >= 11 is 3.33. The Morgan fingerprint density at radius 2 is 1.86 bits per heavy atom. The Kier molecular flexibility index (Phi) is 4.72. The van der Waals surface area contributed by atoms with Crippen molar-refractivity contribution in [3.8, 4) is 11.5 Å². The minimum Gasteiger partial charge on any atom is -0.495 e. The van der Waals surface area contributed by atoms with Gasteiger partial charge < -0.3 is 19.5 Å². The molecule has 21 heavy (non-hydrogen) atoms. The van der Waals surface area contributed by atoms with Crippen LogP contribution in [0.15, 0.2) is 16.6 Å². The van der Waals surface area contributed by atoms with Crippen LogP contribution in [-0.4, -0.2) is 48.7 Å². The lowest BCUT2D eigenvalue weighted by Crippen LogP contribution is -2.40. The van der Waals surface area contributed by atoms with Gasteiger partial charge in [-0.2, -0.15) is 0 Å². The number of carboxylic acids is 1. The number of likely N-dealkylation sites (tertiary alicyclic amines) is 1. The molecule has 1 N–H and O–H groups in total. The van der Waals surface area contributed by atoms with Gasteiger partial charge in [0.05, 0.1) is 14.2 Å². The van der Waals surface area contributed by atoms with Gasteiger partial charge in [-0.15, -0.1) is 0 Å². The number of carboxylic acid groups (broad SMARTS) is 1. The molecule has 0 aromatic heterocycles. The fraction of sp³-hybridized carbons (Fsp3) is 0.429. The number of nitrogens with zero attached hydrogens (tertiary/aromatic N) is 1. The van der Waals surface area contributed by atoms with E-state index in [4.69, 9.17) is 9.47 Å². The highest BCUT2D eigenvalue weighted by Gasteiger charge is 2.34. The van der Waals surface area contributed by atoms with E-state index in [9.17, 15) is 14.7 Å². The third kappa shape index (κ3) is 2.97. The number of amides is 1. The first-order valence-corrected chi connectivity index (χ1v) is 7.24. The van der Waals surface area contributed by atoms with Crippen molar-refractivity contribution < 1.29 is 24.2 Å². The number of methoxy groups -OCH3 is 2. The first-order valence-electron chi connectivity index (χ1n) is 6.45. The van der Waals surface area contributed by atoms with Crippen LogP contribution in [0, 0.1) is 0 Å². The molecule has 1 atom stereocenters. The number of carbonyl (C=O) groups is 2. The Hall–Kier alpha value is -1.76. The number of aliphatic carboxylic acids is 1. The fourth-order valence-corrected chi connectivity index (χ4v) is 2.98. The van der Waals surface area contributed by atoms with Crippen molar-refractivity contribution in [2.75, 3.05) is 20.8 Å². The van der Waals surface area contributed by atoms with Crippen molar-refractivity contribution in [3.63, 3.8) is 0 Å². The first kappa shape index (κ1) is 15.6. The molecule has 1 aromatic carbocycles. The normalized spacial score (nSPS) is 17.7. The lowest BCUT2D eigenvalue weighted by Gasteiger charge is -2.22. The number of benzene rings is 1. The Balaban J connectivity index is 2.37. The average Bonchev–Trinajstić information content (AvgIpc) is 2.96. The predicted molar refractivity (Wildman–Crippen MR) is 78.9 cm³/mol. The second-order valence-corrected chi connectivity index (χ2v) is 5.48. The van der Waals surface area contributed by atoms with E-state index in [1.165, 1.54) is 19.1 Å². The van der Waals surface area contributed by atoms with Crippen LogP contribution in [0.1, 0.15) is 23.2 Å². The summed E-state index contributed by atoms with van der Waals surface area (Å²) in [6.45, 7) is 0.441. The highest BCUT2D eigenvalue weighted by atomic mass is 79.9. The number of halogens is 1. The van der Waals surface area contributed by atoms with Crippen molar-refractivity contribution in [1.29, 1.82) is 0 Å². The van der Waals surface area contributed by atoms with E-state index < -0.39 is 12.0 Å². The molecule has 1 heterocycles. The largest absolute Gasteiger partial charge is 0.495 e. The molecular weight excluding hydrogens is 342 g/mol. The van der Waals surface area contributed by atoms with Crippen LogP contribution in [0.25, 0.3) is 0 Å². The van der Waals surface area contributed by atoms with Gasteiger partial charge >= 0.3 is 5.97 Å². The summed E-state index contributed by atoms with van der Waals surface area (Å²) in [7, 11) is 2.98. The summed E-state index contributed by atoms with van der Waals surface area (Å²) in [5, 5.41) is 9.17. The van der Waals surface area contributed by atoms with Crippen LogP contribution < -0.4 is 9.47 Å². The summed E-state index contributed by atoms with van der Waals surface area (Å²) < 4.78 is 11.0. The molecule has 114 valence electrons. The molecule has 0 bridgehead atoms. The van der Waals surface area contributed by atoms with Gasteiger partial charge in [-0.1, -0.05) is 0 Å². The monoisotopic (exact) mass is 357 g/mol. The molecule has 0 spiro atoms. The zero-order chi connectivity index (χ0) is 15.6. The van der Waals surface area contributed by atoms with Crippen molar-refractivity contribution in [2.45, 2.75) is 18.9 Å². The minimum atomic E-state index is -0.975. The second-order valence-electron chi connectivity index (χ2n) is 4.69. The van der Waals surface area contributed by atoms with Crippen LogP contribution in [0.3, 0.4) is 0 Å². The van der Waals surface area contributed by atoms with E-state index in [0.29, 0.717) is 40.9 Å². The van der Waals surface area contributed by atoms with Gasteiger partial charge in [0, 0.05) is 12.1 Å². The van der Waals surface area contributed by atoms with Gasteiger partial charge in [-0.25, -0.2) is 4.79 Å². The number of ether oxygens (including phenoxy) is 2. The lowest BCUT2D eigenvalue weighted by molar-refractivity contribution is -0.141. The molecule has 0 aliphatic carbocycles. The number of rotatable bonds is 4. The predicted octanol–water partition coefficient (Wildman–Crippen LogP) is 2.16. The maximum Gasteiger partial charge on any atom is 0.326 e. The van der Waals surface area contributed by atoms with E-state index in [-0.39, 0.29) is 5.91 Å². The molecule has 6 nitrogen and oxygen atoms in total. The highest BCUT2D eigenvalue weighted by Crippen LogP contribution is 2.36. The van der Waals surface area contributed by atoms with Gasteiger partial charge in [-0.3, -0.25) is 4.79 Å². The lowest BCUT2D eigenvalue weighted by atomic mass is 10.1. The van der Waals surface area contributed by atoms with Crippen molar-refractivity contribution >= 4 is 27.8 Å². The van der Waals surface area contributed by atoms with Gasteiger partial charge in [0.15, 0.2) is 0 Å². The van der Waals surface area contributed by atoms with Crippen LogP contribution in [-0.2, 0) is 4.79 Å². The van der Waals surface area contributed by atoms with E-state index in [0.717, 1.165) is 0 Å². The van der Waals surface area contributed by atoms with Gasteiger partial charge in [0.1, 0.15) is 22.0 Å². The zero-order valence-corrected chi connectivity index (χ0v) is 13.3. The van der Waals surface area contributed by atoms with Crippen molar-refractivity contribution in [2.24, 2.45) is 0 Å². The molecule has 1 fully saturated rings. The third-order valence-electron chi connectivity index (χ3n) is 3.49. The molecule has 1 saturated heterocycles. The van der Waals surface area contributed by atoms with E-state index in [2.05, 4.69) is 15.9 Å². The Bertz CT molecular complexity index is 549. The first-order chi connectivity index (χ1) is 9.99. The Morgan fingerprint density at radius 1 is 1.29 bits per heavy atom. The third-order valence-corrected chi connectivity index (χ3v) is 4.27. The van der Waals surface area contributed by atoms with Gasteiger partial charge in [0.25, 0.3) is 5.91 Å². The summed E-state index contributed by atoms with van der Waals surface area (Å²) in [4.78, 5) is 25.1. The summed E-state index contributed by atoms with van der Waals surface area (Å²) in [5.41, 5.74) is 0.347. The molecule has 1 aromatic rings. The molecule has 7 heteroatoms. The fourth-order valence-electron chi connectivity index (χ4n) is 2.43. The maximum atomic E-state index is 12.5. The molecule has 0 unspecified atom stereocenters. The summed E-state index contributed by atoms with van der Waals surface area (Å²) in [5.74, 6) is -0.381. The highest BCUT2D eigenvalue weighted by molar-refractivity contribution is 9.10. The number of hydrogen-bond acceptors (Lipinski definition) is 4. The molecule has 0 radical (unpaired) electrons. The SMILES string of the molecule is COc1cc(C(=O)N2CCC[C@H]2C(=O)O)cc(OC)c1Br. The smallest absolute Gasteiger partial charge is 0.326 e. The molecule has 1 aliphatic rings. The van der Waals surface area contributed by atoms with E-state index in [1.54, 1.807) is 12.1 Å². The standard InChI is InChI=1S/C14H16BrNO5/c1-20-10-6-8(7-11(21-2)12(10)15)13(17)16-5-3-4-9(16)14(18)19/h6-7,9H,3-5H2,1-2H3,(H,18,19)/t9-/m0/s1. The van der Waals surface area contributed by atoms with E-state index >= 15 is 0 Å². The van der Waals surface area contributed by atoms with Crippen LogP contribution in [0.4, 0.5) is 0 Å². The molecule has 2 rings (SSSR count). The molecule has 1 amide bonds. The summed E-state index contributed by atoms with van der Waals surface area (Å²) in [6, 6.07) is 2.39. The maximum absolute atomic E-state index is 12.5. The van der Waals surface area contributed by atoms with Gasteiger partial charge in [0.2, 0.25) is 0 Å². The topological polar surface area (TPSA) is 76.1 Å². The van der Waals surface area contributed by atoms with Crippen LogP contribution in [0.2, 0.25) is 0 Å². The molecule has 0 saturated carbocycles. The number of hydrogen-bond donors (Lipinski definition) is 1. The number of carbonyl (C=O) groups excluding carboxylic acids is 1. The van der Waals surface area contributed by atoms with Crippen LogP contribution >= 0.6 is 15.9 Å². The van der Waals surface area contributed by atoms with E-state index in [1.807, 2.05) is 0 Å². The average molecular weight is 358 g/mol. The minimum absolute atomic E-state index is 0.330. The van der Waals surface area contributed by atoms with Crippen molar-refractivity contribution in [1.82, 2.24) is 4.90 Å². The quantitative estimate of drug-likeness (QED) is 0.893. The summed E-state index contributed by atoms with van der Waals surface area (Å²) in [6.07, 6.45) is 1.17. The molecular formula is C14H16BrNO5. The van der Waals surface area contributed by atoms with Gasteiger partial charge in [-0.05, 0) is 40.9 Å². The molecule has 1 aliphatic heterocycles. The second kappa shape index (κ2) is 6.34. The van der Waals surface area contributed by atoms with Crippen LogP contribution in [0.5, 0.6) is 11.5 Å². The zero-order valence-electron chi connectivity index (χ0n) is 11.8. The Morgan fingerprint density at radius 3 is 2.33 bits per heavy atom. The Labute approximate surface area is 130 Å².